The standard InChI is InChI=1S/C26H23N5O/c1-18(19-8-7-9-21(14-19)31-12-5-6-13-31)28-26(32)23-15-25(20-16-27-30(2)17-20)29-24-11-4-3-10-22(23)24/h3-18H,1-2H3,(H,28,32). The minimum atomic E-state index is -0.160. The summed E-state index contributed by atoms with van der Waals surface area (Å²) in [5, 5.41) is 8.23. The Kier molecular flexibility index (Phi) is 5.03. The Hall–Kier alpha value is -4.19. The van der Waals surface area contributed by atoms with Crippen molar-refractivity contribution in [2.45, 2.75) is 13.0 Å². The van der Waals surface area contributed by atoms with Crippen LogP contribution in [0.5, 0.6) is 0 Å². The van der Waals surface area contributed by atoms with Gasteiger partial charge >= 0.3 is 0 Å². The number of amides is 1. The van der Waals surface area contributed by atoms with Crippen molar-refractivity contribution in [3.8, 4) is 16.9 Å². The van der Waals surface area contributed by atoms with E-state index in [1.807, 2.05) is 87.2 Å². The van der Waals surface area contributed by atoms with Crippen molar-refractivity contribution >= 4 is 16.8 Å². The normalized spacial score (nSPS) is 12.1. The number of nitrogens with one attached hydrogen (secondary N) is 1. The molecule has 0 aliphatic heterocycles. The monoisotopic (exact) mass is 421 g/mol. The molecular weight excluding hydrogens is 398 g/mol. The first kappa shape index (κ1) is 19.8. The SMILES string of the molecule is CC(NC(=O)c1cc(-c2cnn(C)c2)nc2ccccc12)c1cccc(-n2cccc2)c1. The highest BCUT2D eigenvalue weighted by Gasteiger charge is 2.17. The number of rotatable bonds is 5. The first-order chi connectivity index (χ1) is 15.6. The van der Waals surface area contributed by atoms with Crippen LogP contribution in [0.15, 0.2) is 91.5 Å². The fourth-order valence-corrected chi connectivity index (χ4v) is 3.88. The Morgan fingerprint density at radius 3 is 2.59 bits per heavy atom. The lowest BCUT2D eigenvalue weighted by Gasteiger charge is -2.17. The zero-order valence-electron chi connectivity index (χ0n) is 17.9. The lowest BCUT2D eigenvalue weighted by atomic mass is 10.0. The third-order valence-corrected chi connectivity index (χ3v) is 5.58. The summed E-state index contributed by atoms with van der Waals surface area (Å²) in [6.07, 6.45) is 7.67. The van der Waals surface area contributed by atoms with Crippen LogP contribution >= 0.6 is 0 Å². The van der Waals surface area contributed by atoms with Crippen molar-refractivity contribution in [3.05, 3.63) is 103 Å². The zero-order valence-corrected chi connectivity index (χ0v) is 17.9. The van der Waals surface area contributed by atoms with Gasteiger partial charge < -0.3 is 9.88 Å². The molecule has 0 saturated heterocycles. The second-order valence-electron chi connectivity index (χ2n) is 7.86. The molecule has 1 amide bonds. The van der Waals surface area contributed by atoms with E-state index < -0.39 is 0 Å². The van der Waals surface area contributed by atoms with Crippen LogP contribution in [0.25, 0.3) is 27.8 Å². The van der Waals surface area contributed by atoms with E-state index in [0.717, 1.165) is 33.4 Å². The molecule has 0 spiro atoms. The summed E-state index contributed by atoms with van der Waals surface area (Å²) in [7, 11) is 1.86. The van der Waals surface area contributed by atoms with E-state index in [2.05, 4.69) is 27.1 Å². The average Bonchev–Trinajstić information content (AvgIpc) is 3.50. The molecule has 2 aromatic carbocycles. The fourth-order valence-electron chi connectivity index (χ4n) is 3.88. The summed E-state index contributed by atoms with van der Waals surface area (Å²) >= 11 is 0. The van der Waals surface area contributed by atoms with Crippen LogP contribution < -0.4 is 5.32 Å². The summed E-state index contributed by atoms with van der Waals surface area (Å²) in [4.78, 5) is 18.1. The van der Waals surface area contributed by atoms with E-state index in [0.29, 0.717) is 5.56 Å². The molecule has 5 aromatic rings. The van der Waals surface area contributed by atoms with Gasteiger partial charge in [-0.15, -0.1) is 0 Å². The van der Waals surface area contributed by atoms with Crippen LogP contribution in [-0.2, 0) is 7.05 Å². The number of nitrogens with zero attached hydrogens (tertiary/aromatic N) is 4. The van der Waals surface area contributed by atoms with Gasteiger partial charge in [0.1, 0.15) is 0 Å². The maximum Gasteiger partial charge on any atom is 0.252 e. The van der Waals surface area contributed by atoms with Crippen molar-refractivity contribution in [3.63, 3.8) is 0 Å². The topological polar surface area (TPSA) is 64.7 Å². The number of fused-ring (bicyclic) bond motifs is 1. The summed E-state index contributed by atoms with van der Waals surface area (Å²) in [5.74, 6) is -0.132. The molecular formula is C26H23N5O. The third kappa shape index (κ3) is 3.78. The highest BCUT2D eigenvalue weighted by molar-refractivity contribution is 6.07. The second-order valence-corrected chi connectivity index (χ2v) is 7.86. The Morgan fingerprint density at radius 1 is 1.00 bits per heavy atom. The van der Waals surface area contributed by atoms with Crippen molar-refractivity contribution in [1.29, 1.82) is 0 Å². The highest BCUT2D eigenvalue weighted by atomic mass is 16.1. The van der Waals surface area contributed by atoms with Gasteiger partial charge in [-0.05, 0) is 48.9 Å². The van der Waals surface area contributed by atoms with Crippen LogP contribution in [0.2, 0.25) is 0 Å². The molecule has 0 radical (unpaired) electrons. The van der Waals surface area contributed by atoms with Crippen LogP contribution in [0.3, 0.4) is 0 Å². The molecule has 3 aromatic heterocycles. The molecule has 6 heteroatoms. The number of benzene rings is 2. The number of aromatic nitrogens is 4. The van der Waals surface area contributed by atoms with E-state index in [1.165, 1.54) is 0 Å². The quantitative estimate of drug-likeness (QED) is 0.438. The van der Waals surface area contributed by atoms with E-state index in [-0.39, 0.29) is 11.9 Å². The van der Waals surface area contributed by atoms with Crippen molar-refractivity contribution in [1.82, 2.24) is 24.6 Å². The molecule has 1 atom stereocenters. The summed E-state index contributed by atoms with van der Waals surface area (Å²) < 4.78 is 3.78. The number of carbonyl (C=O) groups excluding carboxylic acids is 1. The van der Waals surface area contributed by atoms with Crippen LogP contribution in [-0.4, -0.2) is 25.2 Å². The van der Waals surface area contributed by atoms with Gasteiger partial charge in [0.15, 0.2) is 0 Å². The summed E-state index contributed by atoms with van der Waals surface area (Å²) in [6, 6.07) is 21.6. The first-order valence-electron chi connectivity index (χ1n) is 10.5. The van der Waals surface area contributed by atoms with Gasteiger partial charge in [0, 0.05) is 42.3 Å². The van der Waals surface area contributed by atoms with Crippen molar-refractivity contribution in [2.75, 3.05) is 0 Å². The largest absolute Gasteiger partial charge is 0.345 e. The Labute approximate surface area is 186 Å². The van der Waals surface area contributed by atoms with Gasteiger partial charge in [-0.2, -0.15) is 5.10 Å². The molecule has 6 nitrogen and oxygen atoms in total. The molecule has 1 unspecified atom stereocenters. The molecule has 0 aliphatic rings. The van der Waals surface area contributed by atoms with E-state index in [4.69, 9.17) is 4.98 Å². The minimum Gasteiger partial charge on any atom is -0.345 e. The van der Waals surface area contributed by atoms with Crippen LogP contribution in [0.4, 0.5) is 0 Å². The van der Waals surface area contributed by atoms with E-state index in [1.54, 1.807) is 10.9 Å². The number of hydrogen-bond acceptors (Lipinski definition) is 3. The van der Waals surface area contributed by atoms with Crippen molar-refractivity contribution < 1.29 is 4.79 Å². The molecule has 0 aliphatic carbocycles. The van der Waals surface area contributed by atoms with Crippen LogP contribution in [0, 0.1) is 0 Å². The Balaban J connectivity index is 1.48. The van der Waals surface area contributed by atoms with E-state index >= 15 is 0 Å². The van der Waals surface area contributed by atoms with Gasteiger partial charge in [0.2, 0.25) is 0 Å². The third-order valence-electron chi connectivity index (χ3n) is 5.58. The van der Waals surface area contributed by atoms with Gasteiger partial charge in [-0.1, -0.05) is 30.3 Å². The Bertz CT molecular complexity index is 1400. The maximum absolute atomic E-state index is 13.4. The molecule has 5 rings (SSSR count). The minimum absolute atomic E-state index is 0.132. The Morgan fingerprint density at radius 2 is 1.81 bits per heavy atom. The molecule has 158 valence electrons. The molecule has 1 N–H and O–H groups in total. The maximum atomic E-state index is 13.4. The smallest absolute Gasteiger partial charge is 0.252 e. The lowest BCUT2D eigenvalue weighted by Crippen LogP contribution is -2.27. The van der Waals surface area contributed by atoms with Gasteiger partial charge in [-0.3, -0.25) is 9.48 Å². The number of para-hydroxylation sites is 1. The molecule has 32 heavy (non-hydrogen) atoms. The fraction of sp³-hybridized carbons (Fsp3) is 0.115. The predicted molar refractivity (Wildman–Crippen MR) is 126 cm³/mol. The van der Waals surface area contributed by atoms with Gasteiger partial charge in [0.05, 0.1) is 29.0 Å². The number of hydrogen-bond donors (Lipinski definition) is 1. The predicted octanol–water partition coefficient (Wildman–Crippen LogP) is 4.92. The molecule has 0 saturated carbocycles. The van der Waals surface area contributed by atoms with Crippen molar-refractivity contribution in [2.24, 2.45) is 7.05 Å². The summed E-state index contributed by atoms with van der Waals surface area (Å²) in [5.41, 5.74) is 5.07. The molecule has 0 fully saturated rings. The molecule has 0 bridgehead atoms. The van der Waals surface area contributed by atoms with Gasteiger partial charge in [-0.25, -0.2) is 4.98 Å². The van der Waals surface area contributed by atoms with Gasteiger partial charge in [0.25, 0.3) is 5.91 Å². The number of pyridine rings is 1. The average molecular weight is 422 g/mol. The lowest BCUT2D eigenvalue weighted by molar-refractivity contribution is 0.0941. The zero-order chi connectivity index (χ0) is 22.1. The summed E-state index contributed by atoms with van der Waals surface area (Å²) in [6.45, 7) is 2.00. The number of carbonyl (C=O) groups is 1. The second kappa shape index (κ2) is 8.15. The highest BCUT2D eigenvalue weighted by Crippen LogP contribution is 2.25. The number of aryl methyl sites for hydroxylation is 1. The van der Waals surface area contributed by atoms with Crippen LogP contribution in [0.1, 0.15) is 28.9 Å². The molecule has 3 heterocycles. The van der Waals surface area contributed by atoms with E-state index in [9.17, 15) is 4.79 Å². The first-order valence-corrected chi connectivity index (χ1v) is 10.5.